The van der Waals surface area contributed by atoms with Gasteiger partial charge in [0.05, 0.1) is 14.2 Å². The molecule has 0 aliphatic rings. The average Bonchev–Trinajstić information content (AvgIpc) is 3.00. The maximum atomic E-state index is 13.7. The van der Waals surface area contributed by atoms with Crippen LogP contribution >= 0.6 is 0 Å². The Morgan fingerprint density at radius 3 is 1.93 bits per heavy atom. The summed E-state index contributed by atoms with van der Waals surface area (Å²) < 4.78 is 24.4. The van der Waals surface area contributed by atoms with E-state index in [0.717, 1.165) is 11.3 Å². The van der Waals surface area contributed by atoms with Crippen LogP contribution in [0, 0.1) is 5.82 Å². The fourth-order valence-electron chi connectivity index (χ4n) is 3.97. The van der Waals surface area contributed by atoms with E-state index in [4.69, 9.17) is 9.47 Å². The van der Waals surface area contributed by atoms with Gasteiger partial charge in [0.15, 0.2) is 5.78 Å². The van der Waals surface area contributed by atoms with Crippen LogP contribution in [0.25, 0.3) is 6.08 Å². The van der Waals surface area contributed by atoms with Crippen molar-refractivity contribution in [3.63, 3.8) is 0 Å². The molecule has 210 valence electrons. The van der Waals surface area contributed by atoms with Crippen LogP contribution in [0.4, 0.5) is 39.3 Å². The number of carbonyl (C=O) groups excluding carboxylic acids is 1. The Labute approximate surface area is 242 Å². The highest BCUT2D eigenvalue weighted by Gasteiger charge is 2.10. The maximum Gasteiger partial charge on any atom is 0.233 e. The molecule has 0 radical (unpaired) electrons. The monoisotopic (exact) mass is 562 g/mol. The van der Waals surface area contributed by atoms with Crippen LogP contribution in [0.1, 0.15) is 15.9 Å². The number of rotatable bonds is 11. The molecule has 0 fully saturated rings. The molecule has 0 amide bonds. The third-order valence-corrected chi connectivity index (χ3v) is 6.02. The molecule has 5 aromatic rings. The highest BCUT2D eigenvalue weighted by molar-refractivity contribution is 6.07. The first-order valence-electron chi connectivity index (χ1n) is 12.9. The van der Waals surface area contributed by atoms with Crippen LogP contribution in [-0.2, 0) is 0 Å². The number of nitrogens with one attached hydrogen (secondary N) is 3. The SMILES string of the molecule is COc1ccc(OC)c(/C=C/C(=O)c2ccc(Nc3nc(Nc4ccccc4)nc(Nc4cccc(F)c4)n3)cc2)c1. The molecular weight excluding hydrogens is 535 g/mol. The zero-order valence-corrected chi connectivity index (χ0v) is 22.8. The van der Waals surface area contributed by atoms with E-state index in [0.29, 0.717) is 28.4 Å². The molecule has 0 unspecified atom stereocenters. The Morgan fingerprint density at radius 2 is 1.31 bits per heavy atom. The highest BCUT2D eigenvalue weighted by atomic mass is 19.1. The molecule has 0 aliphatic carbocycles. The van der Waals surface area contributed by atoms with Crippen molar-refractivity contribution in [3.05, 3.63) is 120 Å². The molecule has 0 atom stereocenters. The van der Waals surface area contributed by atoms with E-state index >= 15 is 0 Å². The number of ketones is 1. The van der Waals surface area contributed by atoms with Gasteiger partial charge in [0.2, 0.25) is 17.8 Å². The standard InChI is InChI=1S/C32H27FN6O3/c1-41-27-16-18-29(42-2)22(19-27)13-17-28(40)21-11-14-25(15-12-21)35-31-37-30(34-24-8-4-3-5-9-24)38-32(39-31)36-26-10-6-7-23(33)20-26/h3-20H,1-2H3,(H3,34,35,36,37,38,39)/b17-13+. The first-order valence-corrected chi connectivity index (χ1v) is 12.9. The molecule has 5 rings (SSSR count). The van der Waals surface area contributed by atoms with Crippen molar-refractivity contribution in [2.45, 2.75) is 0 Å². The van der Waals surface area contributed by atoms with E-state index in [9.17, 15) is 9.18 Å². The third kappa shape index (κ3) is 7.24. The third-order valence-electron chi connectivity index (χ3n) is 6.02. The Balaban J connectivity index is 1.34. The van der Waals surface area contributed by atoms with Gasteiger partial charge in [-0.05, 0) is 84.9 Å². The van der Waals surface area contributed by atoms with Crippen LogP contribution in [0.2, 0.25) is 0 Å². The maximum absolute atomic E-state index is 13.7. The summed E-state index contributed by atoms with van der Waals surface area (Å²) in [6.07, 6.45) is 3.17. The number of halogens is 1. The Morgan fingerprint density at radius 1 is 0.690 bits per heavy atom. The van der Waals surface area contributed by atoms with Crippen molar-refractivity contribution in [2.75, 3.05) is 30.2 Å². The van der Waals surface area contributed by atoms with Gasteiger partial charge in [-0.3, -0.25) is 4.79 Å². The number of ether oxygens (including phenoxy) is 2. The second-order valence-corrected chi connectivity index (χ2v) is 8.94. The molecule has 0 saturated carbocycles. The highest BCUT2D eigenvalue weighted by Crippen LogP contribution is 2.26. The molecule has 9 nitrogen and oxygen atoms in total. The van der Waals surface area contributed by atoms with Crippen LogP contribution in [-0.4, -0.2) is 35.0 Å². The number of benzene rings is 4. The molecule has 0 spiro atoms. The Kier molecular flexibility index (Phi) is 8.64. The van der Waals surface area contributed by atoms with Crippen LogP contribution < -0.4 is 25.4 Å². The minimum Gasteiger partial charge on any atom is -0.497 e. The fourth-order valence-corrected chi connectivity index (χ4v) is 3.97. The van der Waals surface area contributed by atoms with Gasteiger partial charge >= 0.3 is 0 Å². The first kappa shape index (κ1) is 27.8. The molecule has 42 heavy (non-hydrogen) atoms. The van der Waals surface area contributed by atoms with E-state index in [1.54, 1.807) is 74.9 Å². The fraction of sp³-hybridized carbons (Fsp3) is 0.0625. The summed E-state index contributed by atoms with van der Waals surface area (Å²) >= 11 is 0. The number of carbonyl (C=O) groups is 1. The van der Waals surface area contributed by atoms with Gasteiger partial charge < -0.3 is 25.4 Å². The van der Waals surface area contributed by atoms with Gasteiger partial charge in [0.25, 0.3) is 0 Å². The summed E-state index contributed by atoms with van der Waals surface area (Å²) in [5.41, 5.74) is 3.14. The quantitative estimate of drug-likeness (QED) is 0.114. The second-order valence-electron chi connectivity index (χ2n) is 8.94. The van der Waals surface area contributed by atoms with Crippen molar-refractivity contribution in [1.29, 1.82) is 0 Å². The topological polar surface area (TPSA) is 110 Å². The van der Waals surface area contributed by atoms with E-state index in [1.165, 1.54) is 18.2 Å². The van der Waals surface area contributed by atoms with Crippen molar-refractivity contribution in [2.24, 2.45) is 0 Å². The molecule has 4 aromatic carbocycles. The number of aromatic nitrogens is 3. The van der Waals surface area contributed by atoms with Gasteiger partial charge in [-0.1, -0.05) is 24.3 Å². The van der Waals surface area contributed by atoms with Crippen molar-refractivity contribution >= 4 is 46.8 Å². The van der Waals surface area contributed by atoms with Crippen molar-refractivity contribution in [1.82, 2.24) is 15.0 Å². The number of hydrogen-bond acceptors (Lipinski definition) is 9. The van der Waals surface area contributed by atoms with Gasteiger partial charge in [0, 0.05) is 28.2 Å². The van der Waals surface area contributed by atoms with Gasteiger partial charge in [-0.15, -0.1) is 0 Å². The Hall–Kier alpha value is -5.77. The molecule has 0 saturated heterocycles. The zero-order chi connectivity index (χ0) is 29.3. The number of hydrogen-bond donors (Lipinski definition) is 3. The molecular formula is C32H27FN6O3. The lowest BCUT2D eigenvalue weighted by molar-refractivity contribution is 0.104. The first-order chi connectivity index (χ1) is 20.5. The summed E-state index contributed by atoms with van der Waals surface area (Å²) in [5, 5.41) is 9.31. The summed E-state index contributed by atoms with van der Waals surface area (Å²) in [7, 11) is 3.15. The van der Waals surface area contributed by atoms with Crippen LogP contribution in [0.15, 0.2) is 103 Å². The number of anilines is 6. The van der Waals surface area contributed by atoms with E-state index in [2.05, 4.69) is 30.9 Å². The summed E-state index contributed by atoms with van der Waals surface area (Å²) in [4.78, 5) is 26.2. The number of methoxy groups -OCH3 is 2. The smallest absolute Gasteiger partial charge is 0.233 e. The number of allylic oxidation sites excluding steroid dienone is 1. The number of para-hydroxylation sites is 1. The number of nitrogens with zero attached hydrogens (tertiary/aromatic N) is 3. The van der Waals surface area contributed by atoms with Crippen LogP contribution in [0.3, 0.4) is 0 Å². The Bertz CT molecular complexity index is 1710. The second kappa shape index (κ2) is 13.1. The van der Waals surface area contributed by atoms with Gasteiger partial charge in [-0.2, -0.15) is 15.0 Å². The normalized spacial score (nSPS) is 10.7. The molecule has 1 heterocycles. The molecule has 0 aliphatic heterocycles. The lowest BCUT2D eigenvalue weighted by Gasteiger charge is -2.12. The van der Waals surface area contributed by atoms with E-state index < -0.39 is 0 Å². The lowest BCUT2D eigenvalue weighted by atomic mass is 10.1. The molecule has 3 N–H and O–H groups in total. The predicted octanol–water partition coefficient (Wildman–Crippen LogP) is 7.15. The summed E-state index contributed by atoms with van der Waals surface area (Å²) in [6.45, 7) is 0. The summed E-state index contributed by atoms with van der Waals surface area (Å²) in [5.74, 6) is 1.46. The largest absolute Gasteiger partial charge is 0.497 e. The van der Waals surface area contributed by atoms with E-state index in [-0.39, 0.29) is 29.4 Å². The van der Waals surface area contributed by atoms with E-state index in [1.807, 2.05) is 30.3 Å². The predicted molar refractivity (Wildman–Crippen MR) is 162 cm³/mol. The summed E-state index contributed by atoms with van der Waals surface area (Å²) in [6, 6.07) is 27.7. The molecule has 1 aromatic heterocycles. The van der Waals surface area contributed by atoms with Gasteiger partial charge in [-0.25, -0.2) is 4.39 Å². The van der Waals surface area contributed by atoms with Crippen molar-refractivity contribution in [3.8, 4) is 11.5 Å². The lowest BCUT2D eigenvalue weighted by Crippen LogP contribution is -2.07. The minimum absolute atomic E-state index is 0.178. The average molecular weight is 563 g/mol. The molecule has 10 heteroatoms. The van der Waals surface area contributed by atoms with Crippen LogP contribution in [0.5, 0.6) is 11.5 Å². The zero-order valence-electron chi connectivity index (χ0n) is 22.8. The molecule has 0 bridgehead atoms. The van der Waals surface area contributed by atoms with Gasteiger partial charge in [0.1, 0.15) is 17.3 Å². The minimum atomic E-state index is -0.387. The van der Waals surface area contributed by atoms with Crippen molar-refractivity contribution < 1.29 is 18.7 Å².